The molecule has 0 saturated carbocycles. The Morgan fingerprint density at radius 2 is 1.43 bits per heavy atom. The van der Waals surface area contributed by atoms with Crippen LogP contribution in [0.1, 0.15) is 33.0 Å². The fourth-order valence-corrected chi connectivity index (χ4v) is 4.88. The lowest BCUT2D eigenvalue weighted by Gasteiger charge is -2.19. The second kappa shape index (κ2) is 11.7. The summed E-state index contributed by atoms with van der Waals surface area (Å²) in [6, 6.07) is 28.0. The summed E-state index contributed by atoms with van der Waals surface area (Å²) in [6.45, 7) is 0.0769. The zero-order valence-electron chi connectivity index (χ0n) is 21.7. The molecular formula is C32H27NO7. The lowest BCUT2D eigenvalue weighted by Crippen LogP contribution is -2.43. The third-order valence-corrected chi connectivity index (χ3v) is 6.83. The smallest absolute Gasteiger partial charge is 0.407 e. The molecule has 0 bridgehead atoms. The van der Waals surface area contributed by atoms with Gasteiger partial charge in [-0.05, 0) is 58.1 Å². The number of carboxylic acid groups (broad SMARTS) is 1. The molecule has 1 aliphatic carbocycles. The van der Waals surface area contributed by atoms with Crippen molar-refractivity contribution in [2.75, 3.05) is 13.7 Å². The number of ether oxygens (including phenoxy) is 3. The molecule has 0 heterocycles. The predicted molar refractivity (Wildman–Crippen MR) is 148 cm³/mol. The zero-order chi connectivity index (χ0) is 28.1. The van der Waals surface area contributed by atoms with Crippen LogP contribution in [0.3, 0.4) is 0 Å². The number of benzene rings is 4. The van der Waals surface area contributed by atoms with Crippen LogP contribution in [0, 0.1) is 0 Å². The van der Waals surface area contributed by atoms with Gasteiger partial charge in [0.15, 0.2) is 0 Å². The fraction of sp³-hybridized carbons (Fsp3) is 0.156. The standard InChI is InChI=1S/C32H27NO7/c1-38-31(36)20-14-16-22(17-15-20)40-29-13-7-2-8-21(29)18-28(30(34)35)33-32(37)39-19-27-25-11-5-3-9-23(25)24-10-4-6-12-26(24)27/h2-17,27-28H,18-19H2,1H3,(H,33,37)(H,34,35). The number of hydrogen-bond donors (Lipinski definition) is 2. The first-order chi connectivity index (χ1) is 19.4. The van der Waals surface area contributed by atoms with Crippen molar-refractivity contribution in [1.29, 1.82) is 0 Å². The van der Waals surface area contributed by atoms with Gasteiger partial charge in [-0.2, -0.15) is 0 Å². The van der Waals surface area contributed by atoms with Gasteiger partial charge in [-0.15, -0.1) is 0 Å². The van der Waals surface area contributed by atoms with E-state index in [1.54, 1.807) is 48.5 Å². The van der Waals surface area contributed by atoms with E-state index in [4.69, 9.17) is 14.2 Å². The number of carbonyl (C=O) groups excluding carboxylic acids is 2. The Morgan fingerprint density at radius 1 is 0.825 bits per heavy atom. The summed E-state index contributed by atoms with van der Waals surface area (Å²) in [6.07, 6.45) is -0.846. The van der Waals surface area contributed by atoms with Crippen LogP contribution in [0.4, 0.5) is 4.79 Å². The number of rotatable bonds is 9. The first-order valence-electron chi connectivity index (χ1n) is 12.7. The Balaban J connectivity index is 1.25. The molecule has 1 amide bonds. The summed E-state index contributed by atoms with van der Waals surface area (Å²) in [7, 11) is 1.30. The maximum Gasteiger partial charge on any atom is 0.407 e. The average molecular weight is 538 g/mol. The van der Waals surface area contributed by atoms with Gasteiger partial charge in [0, 0.05) is 12.3 Å². The highest BCUT2D eigenvalue weighted by Gasteiger charge is 2.30. The van der Waals surface area contributed by atoms with Crippen molar-refractivity contribution in [1.82, 2.24) is 5.32 Å². The van der Waals surface area contributed by atoms with Crippen LogP contribution in [0.25, 0.3) is 11.1 Å². The number of hydrogen-bond acceptors (Lipinski definition) is 6. The second-order valence-corrected chi connectivity index (χ2v) is 9.29. The summed E-state index contributed by atoms with van der Waals surface area (Å²) < 4.78 is 16.2. The molecule has 2 N–H and O–H groups in total. The number of amides is 1. The van der Waals surface area contributed by atoms with Crippen LogP contribution in [-0.2, 0) is 20.7 Å². The van der Waals surface area contributed by atoms with Crippen molar-refractivity contribution < 1.29 is 33.7 Å². The van der Waals surface area contributed by atoms with E-state index in [0.29, 0.717) is 22.6 Å². The molecule has 0 saturated heterocycles. The molecule has 0 aliphatic heterocycles. The van der Waals surface area contributed by atoms with Crippen LogP contribution in [-0.4, -0.2) is 42.9 Å². The van der Waals surface area contributed by atoms with Crippen molar-refractivity contribution >= 4 is 18.0 Å². The van der Waals surface area contributed by atoms with E-state index in [0.717, 1.165) is 22.3 Å². The third kappa shape index (κ3) is 5.66. The molecule has 4 aromatic rings. The minimum atomic E-state index is -1.25. The highest BCUT2D eigenvalue weighted by Crippen LogP contribution is 2.44. The van der Waals surface area contributed by atoms with E-state index in [2.05, 4.69) is 5.32 Å². The highest BCUT2D eigenvalue weighted by molar-refractivity contribution is 5.89. The van der Waals surface area contributed by atoms with Gasteiger partial charge in [-0.25, -0.2) is 14.4 Å². The van der Waals surface area contributed by atoms with Crippen LogP contribution in [0.15, 0.2) is 97.1 Å². The van der Waals surface area contributed by atoms with Crippen molar-refractivity contribution in [2.24, 2.45) is 0 Å². The molecule has 1 aliphatic rings. The van der Waals surface area contributed by atoms with Crippen molar-refractivity contribution in [2.45, 2.75) is 18.4 Å². The predicted octanol–water partition coefficient (Wildman–Crippen LogP) is 5.80. The van der Waals surface area contributed by atoms with Gasteiger partial charge in [0.05, 0.1) is 12.7 Å². The molecule has 8 heteroatoms. The number of para-hydroxylation sites is 1. The topological polar surface area (TPSA) is 111 Å². The third-order valence-electron chi connectivity index (χ3n) is 6.83. The maximum atomic E-state index is 12.8. The molecule has 0 aromatic heterocycles. The molecule has 8 nitrogen and oxygen atoms in total. The van der Waals surface area contributed by atoms with Gasteiger partial charge >= 0.3 is 18.0 Å². The number of fused-ring (bicyclic) bond motifs is 3. The highest BCUT2D eigenvalue weighted by atomic mass is 16.5. The van der Waals surface area contributed by atoms with Gasteiger partial charge < -0.3 is 24.6 Å². The zero-order valence-corrected chi connectivity index (χ0v) is 21.7. The van der Waals surface area contributed by atoms with E-state index in [1.807, 2.05) is 48.5 Å². The molecule has 0 spiro atoms. The molecule has 0 fully saturated rings. The minimum Gasteiger partial charge on any atom is -0.480 e. The normalized spacial score (nSPS) is 12.5. The van der Waals surface area contributed by atoms with E-state index >= 15 is 0 Å². The Labute approximate surface area is 231 Å². The average Bonchev–Trinajstić information content (AvgIpc) is 3.30. The van der Waals surface area contributed by atoms with Gasteiger partial charge in [-0.3, -0.25) is 0 Å². The van der Waals surface area contributed by atoms with Crippen LogP contribution in [0.2, 0.25) is 0 Å². The molecule has 1 unspecified atom stereocenters. The maximum absolute atomic E-state index is 12.8. The van der Waals surface area contributed by atoms with Crippen LogP contribution < -0.4 is 10.1 Å². The largest absolute Gasteiger partial charge is 0.480 e. The second-order valence-electron chi connectivity index (χ2n) is 9.29. The van der Waals surface area contributed by atoms with Gasteiger partial charge in [0.25, 0.3) is 0 Å². The molecular weight excluding hydrogens is 510 g/mol. The summed E-state index contributed by atoms with van der Waals surface area (Å²) in [4.78, 5) is 36.5. The summed E-state index contributed by atoms with van der Waals surface area (Å²) in [5.41, 5.74) is 5.29. The molecule has 5 rings (SSSR count). The molecule has 0 radical (unpaired) electrons. The summed E-state index contributed by atoms with van der Waals surface area (Å²) in [5, 5.41) is 12.3. The molecule has 4 aromatic carbocycles. The van der Waals surface area contributed by atoms with Gasteiger partial charge in [0.2, 0.25) is 0 Å². The SMILES string of the molecule is COC(=O)c1ccc(Oc2ccccc2CC(NC(=O)OCC2c3ccccc3-c3ccccc32)C(=O)O)cc1. The lowest BCUT2D eigenvalue weighted by atomic mass is 9.98. The van der Waals surface area contributed by atoms with Crippen LogP contribution >= 0.6 is 0 Å². The summed E-state index contributed by atoms with van der Waals surface area (Å²) >= 11 is 0. The van der Waals surface area contributed by atoms with Crippen molar-refractivity contribution in [3.05, 3.63) is 119 Å². The van der Waals surface area contributed by atoms with Crippen molar-refractivity contribution in [3.8, 4) is 22.6 Å². The van der Waals surface area contributed by atoms with Crippen molar-refractivity contribution in [3.63, 3.8) is 0 Å². The van der Waals surface area contributed by atoms with Crippen LogP contribution in [0.5, 0.6) is 11.5 Å². The molecule has 202 valence electrons. The number of aliphatic carboxylic acids is 1. The Morgan fingerprint density at radius 3 is 2.05 bits per heavy atom. The minimum absolute atomic E-state index is 0.0318. The van der Waals surface area contributed by atoms with E-state index in [1.165, 1.54) is 7.11 Å². The Kier molecular flexibility index (Phi) is 7.77. The number of methoxy groups -OCH3 is 1. The first kappa shape index (κ1) is 26.5. The number of alkyl carbamates (subject to hydrolysis) is 1. The number of esters is 1. The monoisotopic (exact) mass is 537 g/mol. The van der Waals surface area contributed by atoms with Gasteiger partial charge in [-0.1, -0.05) is 66.7 Å². The number of carboxylic acids is 1. The summed E-state index contributed by atoms with van der Waals surface area (Å²) in [5.74, 6) is -0.923. The van der Waals surface area contributed by atoms with Gasteiger partial charge in [0.1, 0.15) is 24.1 Å². The Bertz CT molecular complexity index is 1500. The first-order valence-corrected chi connectivity index (χ1v) is 12.7. The van der Waals surface area contributed by atoms with E-state index in [9.17, 15) is 19.5 Å². The molecule has 40 heavy (non-hydrogen) atoms. The van der Waals surface area contributed by atoms with E-state index in [-0.39, 0.29) is 18.9 Å². The Hall–Kier alpha value is -5.11. The quantitative estimate of drug-likeness (QED) is 0.260. The lowest BCUT2D eigenvalue weighted by molar-refractivity contribution is -0.139. The molecule has 1 atom stereocenters. The number of nitrogens with one attached hydrogen (secondary N) is 1. The number of carbonyl (C=O) groups is 3. The fourth-order valence-electron chi connectivity index (χ4n) is 4.88. The van der Waals surface area contributed by atoms with E-state index < -0.39 is 24.1 Å².